The zero-order valence-corrected chi connectivity index (χ0v) is 18.7. The Morgan fingerprint density at radius 3 is 2.22 bits per heavy atom. The summed E-state index contributed by atoms with van der Waals surface area (Å²) in [6.45, 7) is 1.34. The topological polar surface area (TPSA) is 81.9 Å². The number of halogens is 1. The van der Waals surface area contributed by atoms with E-state index in [2.05, 4.69) is 20.7 Å². The molecule has 0 unspecified atom stereocenters. The summed E-state index contributed by atoms with van der Waals surface area (Å²) in [4.78, 5) is 4.24. The highest BCUT2D eigenvalue weighted by Gasteiger charge is 2.13. The second-order valence-corrected chi connectivity index (χ2v) is 5.66. The Labute approximate surface area is 177 Å². The minimum Gasteiger partial charge on any atom is -0.493 e. The van der Waals surface area contributed by atoms with Crippen molar-refractivity contribution >= 4 is 29.9 Å². The SMILES string of the molecule is CN=C(NCCc1cnn(C)c1)NCc1cc(OC)c(OC)c(OC)c1.I. The van der Waals surface area contributed by atoms with Crippen LogP contribution in [0.2, 0.25) is 0 Å². The lowest BCUT2D eigenvalue weighted by atomic mass is 10.2. The number of aryl methyl sites for hydroxylation is 1. The van der Waals surface area contributed by atoms with Crippen LogP contribution in [-0.4, -0.2) is 50.7 Å². The van der Waals surface area contributed by atoms with Crippen molar-refractivity contribution in [1.82, 2.24) is 20.4 Å². The molecule has 0 spiro atoms. The van der Waals surface area contributed by atoms with Gasteiger partial charge in [0, 0.05) is 33.4 Å². The van der Waals surface area contributed by atoms with Crippen LogP contribution < -0.4 is 24.8 Å². The Morgan fingerprint density at radius 1 is 1.07 bits per heavy atom. The molecule has 0 fully saturated rings. The standard InChI is InChI=1S/C18H27N5O3.HI/c1-19-18(20-7-6-13-11-22-23(2)12-13)21-10-14-8-15(24-3)17(26-5)16(9-14)25-4;/h8-9,11-12H,6-7,10H2,1-5H3,(H2,19,20,21);1H. The van der Waals surface area contributed by atoms with Crippen LogP contribution >= 0.6 is 24.0 Å². The van der Waals surface area contributed by atoms with Crippen molar-refractivity contribution in [3.63, 3.8) is 0 Å². The molecular weight excluding hydrogens is 461 g/mol. The summed E-state index contributed by atoms with van der Waals surface area (Å²) >= 11 is 0. The highest BCUT2D eigenvalue weighted by atomic mass is 127. The fraction of sp³-hybridized carbons (Fsp3) is 0.444. The molecule has 2 N–H and O–H groups in total. The molecule has 0 radical (unpaired) electrons. The van der Waals surface area contributed by atoms with Gasteiger partial charge in [0.1, 0.15) is 0 Å². The molecule has 1 aromatic carbocycles. The quantitative estimate of drug-likeness (QED) is 0.336. The summed E-state index contributed by atoms with van der Waals surface area (Å²) < 4.78 is 17.9. The van der Waals surface area contributed by atoms with Crippen molar-refractivity contribution in [2.45, 2.75) is 13.0 Å². The lowest BCUT2D eigenvalue weighted by Crippen LogP contribution is -2.37. The average molecular weight is 489 g/mol. The van der Waals surface area contributed by atoms with Gasteiger partial charge in [-0.05, 0) is 29.7 Å². The Hall–Kier alpha value is -2.17. The van der Waals surface area contributed by atoms with Crippen molar-refractivity contribution in [1.29, 1.82) is 0 Å². The maximum atomic E-state index is 5.38. The summed E-state index contributed by atoms with van der Waals surface area (Å²) in [7, 11) is 8.45. The first kappa shape index (κ1) is 22.9. The number of ether oxygens (including phenoxy) is 3. The molecule has 2 rings (SSSR count). The zero-order valence-electron chi connectivity index (χ0n) is 16.4. The van der Waals surface area contributed by atoms with Crippen LogP contribution in [0.25, 0.3) is 0 Å². The second kappa shape index (κ2) is 11.5. The van der Waals surface area contributed by atoms with Gasteiger partial charge >= 0.3 is 0 Å². The van der Waals surface area contributed by atoms with Crippen molar-refractivity contribution in [3.05, 3.63) is 35.7 Å². The van der Waals surface area contributed by atoms with E-state index in [9.17, 15) is 0 Å². The normalized spacial score (nSPS) is 10.8. The number of aliphatic imine (C=N–C) groups is 1. The molecule has 2 aromatic rings. The molecule has 0 saturated heterocycles. The molecule has 1 aromatic heterocycles. The van der Waals surface area contributed by atoms with Gasteiger partial charge in [-0.15, -0.1) is 24.0 Å². The van der Waals surface area contributed by atoms with E-state index in [0.29, 0.717) is 23.8 Å². The van der Waals surface area contributed by atoms with Gasteiger partial charge in [-0.3, -0.25) is 9.67 Å². The minimum absolute atomic E-state index is 0. The van der Waals surface area contributed by atoms with Crippen LogP contribution in [0.4, 0.5) is 0 Å². The minimum atomic E-state index is 0. The number of nitrogens with one attached hydrogen (secondary N) is 2. The number of nitrogens with zero attached hydrogens (tertiary/aromatic N) is 3. The lowest BCUT2D eigenvalue weighted by molar-refractivity contribution is 0.323. The maximum absolute atomic E-state index is 5.38. The van der Waals surface area contributed by atoms with Crippen LogP contribution in [0.15, 0.2) is 29.5 Å². The molecule has 0 bridgehead atoms. The molecule has 27 heavy (non-hydrogen) atoms. The number of hydrogen-bond donors (Lipinski definition) is 2. The van der Waals surface area contributed by atoms with E-state index in [0.717, 1.165) is 24.5 Å². The number of benzene rings is 1. The predicted molar refractivity (Wildman–Crippen MR) is 117 cm³/mol. The number of hydrogen-bond acceptors (Lipinski definition) is 5. The summed E-state index contributed by atoms with van der Waals surface area (Å²) in [6, 6.07) is 3.83. The smallest absolute Gasteiger partial charge is 0.203 e. The number of methoxy groups -OCH3 is 3. The van der Waals surface area contributed by atoms with Gasteiger partial charge in [-0.25, -0.2) is 0 Å². The predicted octanol–water partition coefficient (Wildman–Crippen LogP) is 1.97. The third-order valence-electron chi connectivity index (χ3n) is 3.87. The third-order valence-corrected chi connectivity index (χ3v) is 3.87. The Bertz CT molecular complexity index is 723. The van der Waals surface area contributed by atoms with E-state index in [1.165, 1.54) is 5.56 Å². The van der Waals surface area contributed by atoms with Crippen LogP contribution in [0.1, 0.15) is 11.1 Å². The number of rotatable bonds is 8. The van der Waals surface area contributed by atoms with Gasteiger partial charge < -0.3 is 24.8 Å². The Kier molecular flexibility index (Phi) is 9.76. The molecule has 9 heteroatoms. The Balaban J connectivity index is 0.00000364. The molecule has 0 aliphatic rings. The van der Waals surface area contributed by atoms with Crippen LogP contribution in [0.3, 0.4) is 0 Å². The molecule has 8 nitrogen and oxygen atoms in total. The lowest BCUT2D eigenvalue weighted by Gasteiger charge is -2.15. The first-order valence-corrected chi connectivity index (χ1v) is 8.32. The zero-order chi connectivity index (χ0) is 18.9. The third kappa shape index (κ3) is 6.49. The average Bonchev–Trinajstić information content (AvgIpc) is 3.08. The van der Waals surface area contributed by atoms with Crippen molar-refractivity contribution in [3.8, 4) is 17.2 Å². The van der Waals surface area contributed by atoms with E-state index in [1.54, 1.807) is 33.1 Å². The van der Waals surface area contributed by atoms with Crippen molar-refractivity contribution < 1.29 is 14.2 Å². The van der Waals surface area contributed by atoms with E-state index >= 15 is 0 Å². The molecule has 0 atom stereocenters. The monoisotopic (exact) mass is 489 g/mol. The highest BCUT2D eigenvalue weighted by Crippen LogP contribution is 2.38. The fourth-order valence-electron chi connectivity index (χ4n) is 2.57. The first-order valence-electron chi connectivity index (χ1n) is 8.32. The molecule has 0 saturated carbocycles. The maximum Gasteiger partial charge on any atom is 0.203 e. The van der Waals surface area contributed by atoms with Gasteiger partial charge in [-0.2, -0.15) is 5.10 Å². The van der Waals surface area contributed by atoms with Crippen molar-refractivity contribution in [2.24, 2.45) is 12.0 Å². The molecule has 0 aliphatic heterocycles. The van der Waals surface area contributed by atoms with Crippen LogP contribution in [0.5, 0.6) is 17.2 Å². The second-order valence-electron chi connectivity index (χ2n) is 5.66. The molecule has 0 amide bonds. The first-order chi connectivity index (χ1) is 12.6. The largest absolute Gasteiger partial charge is 0.493 e. The highest BCUT2D eigenvalue weighted by molar-refractivity contribution is 14.0. The summed E-state index contributed by atoms with van der Waals surface area (Å²) in [5.74, 6) is 2.56. The van der Waals surface area contributed by atoms with E-state index in [4.69, 9.17) is 14.2 Å². The number of guanidine groups is 1. The van der Waals surface area contributed by atoms with E-state index in [1.807, 2.05) is 31.6 Å². The van der Waals surface area contributed by atoms with Gasteiger partial charge in [0.05, 0.1) is 27.5 Å². The van der Waals surface area contributed by atoms with Crippen molar-refractivity contribution in [2.75, 3.05) is 34.9 Å². The van der Waals surface area contributed by atoms with Crippen LogP contribution in [0, 0.1) is 0 Å². The Morgan fingerprint density at radius 2 is 1.74 bits per heavy atom. The molecule has 0 aliphatic carbocycles. The van der Waals surface area contributed by atoms with Gasteiger partial charge in [0.2, 0.25) is 5.75 Å². The summed E-state index contributed by atoms with van der Waals surface area (Å²) in [6.07, 6.45) is 4.75. The van der Waals surface area contributed by atoms with Gasteiger partial charge in [-0.1, -0.05) is 0 Å². The number of aromatic nitrogens is 2. The molecular formula is C18H28IN5O3. The van der Waals surface area contributed by atoms with E-state index < -0.39 is 0 Å². The molecule has 150 valence electrons. The molecule has 1 heterocycles. The fourth-order valence-corrected chi connectivity index (χ4v) is 2.57. The van der Waals surface area contributed by atoms with Crippen LogP contribution in [-0.2, 0) is 20.0 Å². The van der Waals surface area contributed by atoms with E-state index in [-0.39, 0.29) is 24.0 Å². The van der Waals surface area contributed by atoms with Gasteiger partial charge in [0.15, 0.2) is 17.5 Å². The summed E-state index contributed by atoms with van der Waals surface area (Å²) in [5, 5.41) is 10.7. The summed E-state index contributed by atoms with van der Waals surface area (Å²) in [5.41, 5.74) is 2.18. The van der Waals surface area contributed by atoms with Gasteiger partial charge in [0.25, 0.3) is 0 Å².